The first-order chi connectivity index (χ1) is 13.5. The third-order valence-electron chi connectivity index (χ3n) is 4.57. The maximum Gasteiger partial charge on any atom is 2.00 e. The van der Waals surface area contributed by atoms with E-state index >= 15 is 0 Å². The molecule has 0 amide bonds. The van der Waals surface area contributed by atoms with E-state index in [9.17, 15) is 19.8 Å². The topological polar surface area (TPSA) is 80.3 Å². The Morgan fingerprint density at radius 1 is 0.655 bits per heavy atom. The van der Waals surface area contributed by atoms with Gasteiger partial charge < -0.3 is 19.8 Å². The van der Waals surface area contributed by atoms with Gasteiger partial charge in [0.05, 0.1) is 11.9 Å². The number of hydrogen-bond acceptors (Lipinski definition) is 4. The summed E-state index contributed by atoms with van der Waals surface area (Å²) >= 11 is 0. The third-order valence-corrected chi connectivity index (χ3v) is 4.57. The molecule has 2 aromatic rings. The average molecular weight is 448 g/mol. The molecule has 152 valence electrons. The third kappa shape index (κ3) is 10.4. The second kappa shape index (κ2) is 15.9. The van der Waals surface area contributed by atoms with Crippen molar-refractivity contribution in [3.05, 3.63) is 70.8 Å². The van der Waals surface area contributed by atoms with E-state index in [1.165, 1.54) is 0 Å². The van der Waals surface area contributed by atoms with Gasteiger partial charge in [-0.05, 0) is 36.8 Å². The van der Waals surface area contributed by atoms with Crippen LogP contribution in [0.3, 0.4) is 0 Å². The fourth-order valence-electron chi connectivity index (χ4n) is 3.01. The maximum absolute atomic E-state index is 10.7. The van der Waals surface area contributed by atoms with Gasteiger partial charge in [-0.1, -0.05) is 88.1 Å². The van der Waals surface area contributed by atoms with E-state index in [1.54, 1.807) is 24.3 Å². The molecule has 2 aromatic carbocycles. The van der Waals surface area contributed by atoms with Gasteiger partial charge in [0.25, 0.3) is 0 Å². The minimum Gasteiger partial charge on any atom is -0.545 e. The predicted octanol–water partition coefficient (Wildman–Crippen LogP) is 3.56. The molecule has 0 unspecified atom stereocenters. The molecule has 0 fully saturated rings. The van der Waals surface area contributed by atoms with Gasteiger partial charge in [-0.3, -0.25) is 0 Å². The average Bonchev–Trinajstić information content (AvgIpc) is 2.69. The van der Waals surface area contributed by atoms with Crippen molar-refractivity contribution in [1.29, 1.82) is 0 Å². The van der Waals surface area contributed by atoms with Crippen molar-refractivity contribution in [2.75, 3.05) is 0 Å². The number of hydrogen-bond donors (Lipinski definition) is 0. The molecular formula is C24H30O4Zn. The Morgan fingerprint density at radius 3 is 1.31 bits per heavy atom. The minimum atomic E-state index is -1.07. The van der Waals surface area contributed by atoms with Crippen LogP contribution in [0.5, 0.6) is 0 Å². The van der Waals surface area contributed by atoms with Gasteiger partial charge in [-0.15, -0.1) is 0 Å². The van der Waals surface area contributed by atoms with E-state index in [2.05, 4.69) is 13.8 Å². The molecule has 0 aromatic heterocycles. The van der Waals surface area contributed by atoms with Gasteiger partial charge in [0, 0.05) is 11.1 Å². The van der Waals surface area contributed by atoms with Gasteiger partial charge in [-0.25, -0.2) is 0 Å². The Balaban J connectivity index is 0.000000523. The molecule has 2 rings (SSSR count). The Hall–Kier alpha value is -2.00. The summed E-state index contributed by atoms with van der Waals surface area (Å²) in [6.45, 7) is 4.26. The van der Waals surface area contributed by atoms with Crippen LogP contribution in [-0.2, 0) is 32.3 Å². The summed E-state index contributed by atoms with van der Waals surface area (Å²) in [5, 5.41) is 21.5. The molecule has 0 radical (unpaired) electrons. The molecule has 0 aliphatic rings. The van der Waals surface area contributed by atoms with Crippen molar-refractivity contribution < 1.29 is 39.3 Å². The van der Waals surface area contributed by atoms with Crippen LogP contribution in [0.15, 0.2) is 48.5 Å². The summed E-state index contributed by atoms with van der Waals surface area (Å²) < 4.78 is 0. The molecule has 0 aliphatic heterocycles. The summed E-state index contributed by atoms with van der Waals surface area (Å²) in [7, 11) is 0. The van der Waals surface area contributed by atoms with Gasteiger partial charge in [0.15, 0.2) is 0 Å². The summed E-state index contributed by atoms with van der Waals surface area (Å²) in [5.41, 5.74) is 2.45. The monoisotopic (exact) mass is 446 g/mol. The Kier molecular flexibility index (Phi) is 14.8. The van der Waals surface area contributed by atoms with Crippen molar-refractivity contribution in [3.63, 3.8) is 0 Å². The molecule has 0 aliphatic carbocycles. The van der Waals surface area contributed by atoms with Crippen LogP contribution < -0.4 is 10.2 Å². The van der Waals surface area contributed by atoms with Crippen molar-refractivity contribution in [1.82, 2.24) is 0 Å². The van der Waals surface area contributed by atoms with E-state index < -0.39 is 11.9 Å². The first kappa shape index (κ1) is 27.0. The van der Waals surface area contributed by atoms with E-state index in [-0.39, 0.29) is 19.5 Å². The van der Waals surface area contributed by atoms with Gasteiger partial charge in [-0.2, -0.15) is 0 Å². The van der Waals surface area contributed by atoms with E-state index in [0.29, 0.717) is 11.1 Å². The summed E-state index contributed by atoms with van der Waals surface area (Å²) in [6.07, 6.45) is 8.32. The van der Waals surface area contributed by atoms with Gasteiger partial charge in [0.1, 0.15) is 0 Å². The normalized spacial score (nSPS) is 9.72. The number of unbranched alkanes of at least 4 members (excludes halogenated alkanes) is 4. The Bertz CT molecular complexity index is 680. The van der Waals surface area contributed by atoms with Crippen LogP contribution in [0.1, 0.15) is 84.2 Å². The molecule has 0 saturated carbocycles. The maximum atomic E-state index is 10.7. The number of aromatic carboxylic acids is 2. The van der Waals surface area contributed by atoms with E-state index in [1.807, 2.05) is 24.3 Å². The molecule has 0 atom stereocenters. The zero-order valence-electron chi connectivity index (χ0n) is 17.6. The van der Waals surface area contributed by atoms with Crippen molar-refractivity contribution >= 4 is 11.9 Å². The fraction of sp³-hybridized carbons (Fsp3) is 0.417. The standard InChI is InChI=1S/2C12H16O2.Zn/c2*1-2-3-4-7-10-8-5-6-9-11(10)12(13)14;/h2*5-6,8-9H,2-4,7H2,1H3,(H,13,14);/q;;+2/p-2. The minimum absolute atomic E-state index is 0. The molecule has 0 N–H and O–H groups in total. The van der Waals surface area contributed by atoms with E-state index in [0.717, 1.165) is 62.5 Å². The molecule has 29 heavy (non-hydrogen) atoms. The second-order valence-electron chi connectivity index (χ2n) is 6.80. The Labute approximate surface area is 187 Å². The molecule has 0 heterocycles. The number of carboxylic acids is 2. The van der Waals surface area contributed by atoms with E-state index in [4.69, 9.17) is 0 Å². The number of rotatable bonds is 10. The van der Waals surface area contributed by atoms with Crippen LogP contribution in [0.4, 0.5) is 0 Å². The summed E-state index contributed by atoms with van der Waals surface area (Å²) in [5.74, 6) is -2.14. The van der Waals surface area contributed by atoms with Crippen LogP contribution in [0.2, 0.25) is 0 Å². The van der Waals surface area contributed by atoms with Crippen molar-refractivity contribution in [2.24, 2.45) is 0 Å². The molecule has 5 heteroatoms. The Morgan fingerprint density at radius 2 is 1.00 bits per heavy atom. The number of carbonyl (C=O) groups excluding carboxylic acids is 2. The number of carbonyl (C=O) groups is 2. The quantitative estimate of drug-likeness (QED) is 0.412. The molecule has 0 spiro atoms. The van der Waals surface area contributed by atoms with Gasteiger partial charge >= 0.3 is 19.5 Å². The van der Waals surface area contributed by atoms with Gasteiger partial charge in [0.2, 0.25) is 0 Å². The molecule has 4 nitrogen and oxygen atoms in total. The zero-order chi connectivity index (χ0) is 20.8. The molecular weight excluding hydrogens is 418 g/mol. The molecule has 0 saturated heterocycles. The largest absolute Gasteiger partial charge is 2.00 e. The smallest absolute Gasteiger partial charge is 0.545 e. The van der Waals surface area contributed by atoms with Crippen LogP contribution in [-0.4, -0.2) is 11.9 Å². The van der Waals surface area contributed by atoms with Crippen molar-refractivity contribution in [3.8, 4) is 0 Å². The summed E-state index contributed by atoms with van der Waals surface area (Å²) in [6, 6.07) is 14.1. The molecule has 0 bridgehead atoms. The number of carboxylic acid groups (broad SMARTS) is 2. The van der Waals surface area contributed by atoms with Crippen molar-refractivity contribution in [2.45, 2.75) is 65.2 Å². The predicted molar refractivity (Wildman–Crippen MR) is 108 cm³/mol. The second-order valence-corrected chi connectivity index (χ2v) is 6.80. The van der Waals surface area contributed by atoms with Crippen LogP contribution in [0.25, 0.3) is 0 Å². The summed E-state index contributed by atoms with van der Waals surface area (Å²) in [4.78, 5) is 21.5. The first-order valence-electron chi connectivity index (χ1n) is 10.1. The van der Waals surface area contributed by atoms with Crippen LogP contribution >= 0.6 is 0 Å². The number of benzene rings is 2. The SMILES string of the molecule is CCCCCc1ccccc1C(=O)[O-].CCCCCc1ccccc1C(=O)[O-].[Zn+2]. The number of aryl methyl sites for hydroxylation is 2. The van der Waals surface area contributed by atoms with Crippen LogP contribution in [0, 0.1) is 0 Å². The first-order valence-corrected chi connectivity index (χ1v) is 10.1. The zero-order valence-corrected chi connectivity index (χ0v) is 20.6. The fourth-order valence-corrected chi connectivity index (χ4v) is 3.01.